The minimum Gasteiger partial charge on any atom is -0.206 e. The fraction of sp³-hybridized carbons (Fsp3) is 0.455. The molecule has 0 aromatic heterocycles. The van der Waals surface area contributed by atoms with Crippen LogP contribution in [0.15, 0.2) is 22.7 Å². The lowest BCUT2D eigenvalue weighted by Gasteiger charge is -2.01. The van der Waals surface area contributed by atoms with Gasteiger partial charge in [0.1, 0.15) is 5.82 Å². The highest BCUT2D eigenvalue weighted by Crippen LogP contribution is 2.17. The van der Waals surface area contributed by atoms with Gasteiger partial charge in [0.2, 0.25) is 0 Å². The van der Waals surface area contributed by atoms with E-state index in [0.29, 0.717) is 4.47 Å². The van der Waals surface area contributed by atoms with Crippen molar-refractivity contribution in [3.63, 3.8) is 0 Å². The average Bonchev–Trinajstić information content (AvgIpc) is 2.12. The molecular formula is C11H14BrF. The summed E-state index contributed by atoms with van der Waals surface area (Å²) in [6.45, 7) is 2.17. The minimum atomic E-state index is -0.158. The molecule has 0 bridgehead atoms. The molecule has 0 nitrogen and oxygen atoms in total. The summed E-state index contributed by atoms with van der Waals surface area (Å²) in [5, 5.41) is 0. The molecule has 13 heavy (non-hydrogen) atoms. The summed E-state index contributed by atoms with van der Waals surface area (Å²) in [7, 11) is 0. The van der Waals surface area contributed by atoms with Gasteiger partial charge in [-0.2, -0.15) is 0 Å². The summed E-state index contributed by atoms with van der Waals surface area (Å²) in [4.78, 5) is 0. The molecule has 0 aliphatic carbocycles. The first-order valence-corrected chi connectivity index (χ1v) is 5.47. The van der Waals surface area contributed by atoms with Crippen LogP contribution in [-0.2, 0) is 6.42 Å². The second-order valence-corrected chi connectivity index (χ2v) is 4.06. The predicted octanol–water partition coefficient (Wildman–Crippen LogP) is 4.32. The van der Waals surface area contributed by atoms with Crippen LogP contribution >= 0.6 is 15.9 Å². The van der Waals surface area contributed by atoms with E-state index in [1.807, 2.05) is 6.07 Å². The second kappa shape index (κ2) is 5.38. The van der Waals surface area contributed by atoms with Crippen molar-refractivity contribution in [2.75, 3.05) is 0 Å². The van der Waals surface area contributed by atoms with Crippen molar-refractivity contribution < 1.29 is 4.39 Å². The number of unbranched alkanes of at least 4 members (excludes halogenated alkanes) is 2. The molecule has 72 valence electrons. The summed E-state index contributed by atoms with van der Waals surface area (Å²) in [6.07, 6.45) is 4.56. The lowest BCUT2D eigenvalue weighted by molar-refractivity contribution is 0.616. The summed E-state index contributed by atoms with van der Waals surface area (Å²) in [5.41, 5.74) is 1.09. The van der Waals surface area contributed by atoms with Gasteiger partial charge in [0.15, 0.2) is 0 Å². The van der Waals surface area contributed by atoms with Gasteiger partial charge in [0.25, 0.3) is 0 Å². The Hall–Kier alpha value is -0.370. The van der Waals surface area contributed by atoms with E-state index in [1.165, 1.54) is 12.8 Å². The van der Waals surface area contributed by atoms with Crippen molar-refractivity contribution in [1.82, 2.24) is 0 Å². The molecule has 2 heteroatoms. The fourth-order valence-electron chi connectivity index (χ4n) is 1.27. The molecule has 0 fully saturated rings. The number of aryl methyl sites for hydroxylation is 1. The van der Waals surface area contributed by atoms with Crippen molar-refractivity contribution in [3.05, 3.63) is 34.1 Å². The van der Waals surface area contributed by atoms with Gasteiger partial charge in [0.05, 0.1) is 4.47 Å². The summed E-state index contributed by atoms with van der Waals surface area (Å²) in [6, 6.07) is 5.36. The standard InChI is InChI=1S/C11H14BrF/c1-2-3-4-5-9-6-7-10(12)11(13)8-9/h6-8H,2-5H2,1H3. The lowest BCUT2D eigenvalue weighted by Crippen LogP contribution is -1.87. The molecule has 0 atom stereocenters. The summed E-state index contributed by atoms with van der Waals surface area (Å²) >= 11 is 3.14. The molecular weight excluding hydrogens is 231 g/mol. The summed E-state index contributed by atoms with van der Waals surface area (Å²) in [5.74, 6) is -0.158. The summed E-state index contributed by atoms with van der Waals surface area (Å²) < 4.78 is 13.6. The van der Waals surface area contributed by atoms with Gasteiger partial charge in [-0.1, -0.05) is 25.8 Å². The van der Waals surface area contributed by atoms with Crippen LogP contribution in [0.25, 0.3) is 0 Å². The van der Waals surface area contributed by atoms with E-state index in [2.05, 4.69) is 22.9 Å². The quantitative estimate of drug-likeness (QED) is 0.693. The van der Waals surface area contributed by atoms with Crippen LogP contribution in [0.1, 0.15) is 31.7 Å². The van der Waals surface area contributed by atoms with Crippen LogP contribution in [0.3, 0.4) is 0 Å². The average molecular weight is 245 g/mol. The van der Waals surface area contributed by atoms with Crippen LogP contribution in [0.4, 0.5) is 4.39 Å². The molecule has 0 radical (unpaired) electrons. The first kappa shape index (κ1) is 10.7. The zero-order valence-corrected chi connectivity index (χ0v) is 9.40. The molecule has 0 heterocycles. The normalized spacial score (nSPS) is 10.4. The molecule has 1 rings (SSSR count). The molecule has 0 spiro atoms. The Morgan fingerprint density at radius 2 is 2.08 bits per heavy atom. The van der Waals surface area contributed by atoms with Gasteiger partial charge in [-0.25, -0.2) is 4.39 Å². The third-order valence-electron chi connectivity index (χ3n) is 2.05. The van der Waals surface area contributed by atoms with E-state index in [9.17, 15) is 4.39 Å². The van der Waals surface area contributed by atoms with Gasteiger partial charge in [-0.3, -0.25) is 0 Å². The highest BCUT2D eigenvalue weighted by Gasteiger charge is 1.99. The molecule has 0 aliphatic rings. The van der Waals surface area contributed by atoms with Gasteiger partial charge in [0, 0.05) is 0 Å². The van der Waals surface area contributed by atoms with Gasteiger partial charge >= 0.3 is 0 Å². The van der Waals surface area contributed by atoms with Crippen LogP contribution in [0.5, 0.6) is 0 Å². The molecule has 1 aromatic rings. The number of hydrogen-bond donors (Lipinski definition) is 0. The first-order chi connectivity index (χ1) is 6.24. The van der Waals surface area contributed by atoms with E-state index in [-0.39, 0.29) is 5.82 Å². The smallest absolute Gasteiger partial charge is 0.137 e. The molecule has 0 unspecified atom stereocenters. The van der Waals surface area contributed by atoms with E-state index in [0.717, 1.165) is 18.4 Å². The van der Waals surface area contributed by atoms with E-state index >= 15 is 0 Å². The third-order valence-corrected chi connectivity index (χ3v) is 2.70. The van der Waals surface area contributed by atoms with E-state index in [4.69, 9.17) is 0 Å². The van der Waals surface area contributed by atoms with Crippen molar-refractivity contribution in [2.45, 2.75) is 32.6 Å². The topological polar surface area (TPSA) is 0 Å². The van der Waals surface area contributed by atoms with Crippen LogP contribution in [-0.4, -0.2) is 0 Å². The Morgan fingerprint density at radius 1 is 1.31 bits per heavy atom. The van der Waals surface area contributed by atoms with E-state index < -0.39 is 0 Å². The highest BCUT2D eigenvalue weighted by molar-refractivity contribution is 9.10. The van der Waals surface area contributed by atoms with Crippen LogP contribution in [0.2, 0.25) is 0 Å². The predicted molar refractivity (Wildman–Crippen MR) is 57.3 cm³/mol. The number of benzene rings is 1. The Bertz CT molecular complexity index is 271. The highest BCUT2D eigenvalue weighted by atomic mass is 79.9. The maximum absolute atomic E-state index is 13.0. The maximum atomic E-state index is 13.0. The lowest BCUT2D eigenvalue weighted by atomic mass is 10.1. The van der Waals surface area contributed by atoms with Crippen molar-refractivity contribution >= 4 is 15.9 Å². The largest absolute Gasteiger partial charge is 0.206 e. The molecule has 0 saturated heterocycles. The van der Waals surface area contributed by atoms with Gasteiger partial charge < -0.3 is 0 Å². The molecule has 0 N–H and O–H groups in total. The number of halogens is 2. The monoisotopic (exact) mass is 244 g/mol. The van der Waals surface area contributed by atoms with Crippen molar-refractivity contribution in [3.8, 4) is 0 Å². The third kappa shape index (κ3) is 3.47. The first-order valence-electron chi connectivity index (χ1n) is 4.68. The zero-order chi connectivity index (χ0) is 9.68. The number of rotatable bonds is 4. The Balaban J connectivity index is 2.53. The van der Waals surface area contributed by atoms with E-state index in [1.54, 1.807) is 12.1 Å². The SMILES string of the molecule is CCCCCc1ccc(Br)c(F)c1. The second-order valence-electron chi connectivity index (χ2n) is 3.21. The Morgan fingerprint density at radius 3 is 2.69 bits per heavy atom. The molecule has 0 aliphatic heterocycles. The minimum absolute atomic E-state index is 0.158. The van der Waals surface area contributed by atoms with Gasteiger partial charge in [-0.15, -0.1) is 0 Å². The van der Waals surface area contributed by atoms with Crippen LogP contribution in [0, 0.1) is 5.82 Å². The van der Waals surface area contributed by atoms with Crippen LogP contribution < -0.4 is 0 Å². The van der Waals surface area contributed by atoms with Gasteiger partial charge in [-0.05, 0) is 46.5 Å². The zero-order valence-electron chi connectivity index (χ0n) is 7.82. The fourth-order valence-corrected chi connectivity index (χ4v) is 1.52. The molecule has 1 aromatic carbocycles. The van der Waals surface area contributed by atoms with Crippen molar-refractivity contribution in [2.24, 2.45) is 0 Å². The maximum Gasteiger partial charge on any atom is 0.137 e. The Kier molecular flexibility index (Phi) is 4.43. The van der Waals surface area contributed by atoms with Crippen molar-refractivity contribution in [1.29, 1.82) is 0 Å². The molecule has 0 saturated carbocycles. The Labute approximate surface area is 87.3 Å². The number of hydrogen-bond acceptors (Lipinski definition) is 0. The molecule has 0 amide bonds.